The van der Waals surface area contributed by atoms with Gasteiger partial charge in [-0.05, 0) is 35.9 Å². The second-order valence-electron chi connectivity index (χ2n) is 6.70. The Hall–Kier alpha value is -1.86. The molecule has 2 heterocycles. The third kappa shape index (κ3) is 4.83. The van der Waals surface area contributed by atoms with Crippen LogP contribution in [0.4, 0.5) is 5.13 Å². The summed E-state index contributed by atoms with van der Waals surface area (Å²) in [5.74, 6) is 0.714. The van der Waals surface area contributed by atoms with Crippen LogP contribution in [-0.4, -0.2) is 46.3 Å². The second-order valence-corrected chi connectivity index (χ2v) is 8.71. The molecule has 0 saturated carbocycles. The number of rotatable bonds is 4. The highest BCUT2D eigenvalue weighted by Crippen LogP contribution is 2.25. The van der Waals surface area contributed by atoms with Gasteiger partial charge in [-0.2, -0.15) is 4.37 Å². The summed E-state index contributed by atoms with van der Waals surface area (Å²) in [6.07, 6.45) is 0.668. The van der Waals surface area contributed by atoms with Crippen LogP contribution >= 0.6 is 46.3 Å². The maximum absolute atomic E-state index is 12.8. The van der Waals surface area contributed by atoms with Crippen molar-refractivity contribution in [1.29, 1.82) is 0 Å². The summed E-state index contributed by atoms with van der Waals surface area (Å²) in [4.78, 5) is 21.4. The van der Waals surface area contributed by atoms with E-state index < -0.39 is 0 Å². The van der Waals surface area contributed by atoms with Crippen LogP contribution in [0.1, 0.15) is 21.7 Å². The van der Waals surface area contributed by atoms with Gasteiger partial charge in [0, 0.05) is 54.2 Å². The molecule has 1 amide bonds. The van der Waals surface area contributed by atoms with Gasteiger partial charge in [0.1, 0.15) is 5.82 Å². The third-order valence-electron chi connectivity index (χ3n) is 4.73. The van der Waals surface area contributed by atoms with Gasteiger partial charge in [0.05, 0.1) is 10.6 Å². The van der Waals surface area contributed by atoms with E-state index in [2.05, 4.69) is 14.3 Å². The Bertz CT molecular complexity index is 1020. The Morgan fingerprint density at radius 3 is 2.34 bits per heavy atom. The molecule has 4 rings (SSSR count). The molecule has 0 aliphatic carbocycles. The molecule has 0 N–H and O–H groups in total. The predicted molar refractivity (Wildman–Crippen MR) is 119 cm³/mol. The molecular formula is C20H17Cl3N4OS. The van der Waals surface area contributed by atoms with Crippen LogP contribution in [0, 0.1) is 0 Å². The third-order valence-corrected chi connectivity index (χ3v) is 6.35. The van der Waals surface area contributed by atoms with Gasteiger partial charge in [-0.15, -0.1) is 0 Å². The smallest absolute Gasteiger partial charge is 0.255 e. The van der Waals surface area contributed by atoms with Crippen molar-refractivity contribution in [3.8, 4) is 0 Å². The van der Waals surface area contributed by atoms with Crippen LogP contribution in [0.15, 0.2) is 42.5 Å². The van der Waals surface area contributed by atoms with E-state index in [1.807, 2.05) is 24.3 Å². The number of aromatic nitrogens is 2. The number of hydrogen-bond donors (Lipinski definition) is 0. The van der Waals surface area contributed by atoms with Crippen LogP contribution in [0.25, 0.3) is 0 Å². The van der Waals surface area contributed by atoms with Gasteiger partial charge < -0.3 is 9.80 Å². The molecule has 0 unspecified atom stereocenters. The molecular weight excluding hydrogens is 451 g/mol. The first kappa shape index (κ1) is 20.4. The summed E-state index contributed by atoms with van der Waals surface area (Å²) < 4.78 is 4.48. The van der Waals surface area contributed by atoms with Crippen LogP contribution in [0.2, 0.25) is 15.1 Å². The number of carbonyl (C=O) groups excluding carboxylic acids is 1. The lowest BCUT2D eigenvalue weighted by atomic mass is 10.1. The SMILES string of the molecule is O=C(c1ccc(Cl)cc1Cl)N1CCN(c2nc(Cc3ccc(Cl)cc3)ns2)CC1. The molecule has 0 spiro atoms. The van der Waals surface area contributed by atoms with E-state index in [0.717, 1.165) is 16.5 Å². The maximum Gasteiger partial charge on any atom is 0.255 e. The zero-order valence-electron chi connectivity index (χ0n) is 15.3. The van der Waals surface area contributed by atoms with E-state index in [1.54, 1.807) is 23.1 Å². The van der Waals surface area contributed by atoms with Crippen LogP contribution in [0.5, 0.6) is 0 Å². The molecule has 1 fully saturated rings. The summed E-state index contributed by atoms with van der Waals surface area (Å²) >= 11 is 19.4. The number of amides is 1. The Labute approximate surface area is 188 Å². The van der Waals surface area contributed by atoms with Crippen molar-refractivity contribution >= 4 is 57.4 Å². The Morgan fingerprint density at radius 2 is 1.66 bits per heavy atom. The van der Waals surface area contributed by atoms with E-state index in [9.17, 15) is 4.79 Å². The molecule has 0 radical (unpaired) electrons. The molecule has 150 valence electrons. The summed E-state index contributed by atoms with van der Waals surface area (Å²) in [7, 11) is 0. The molecule has 2 aromatic carbocycles. The summed E-state index contributed by atoms with van der Waals surface area (Å²) in [6, 6.07) is 12.6. The van der Waals surface area contributed by atoms with E-state index in [4.69, 9.17) is 34.8 Å². The number of anilines is 1. The minimum absolute atomic E-state index is 0.0768. The number of halogens is 3. The summed E-state index contributed by atoms with van der Waals surface area (Å²) in [5, 5.41) is 2.49. The number of carbonyl (C=O) groups is 1. The zero-order chi connectivity index (χ0) is 20.4. The van der Waals surface area contributed by atoms with Crippen molar-refractivity contribution in [1.82, 2.24) is 14.3 Å². The van der Waals surface area contributed by atoms with Crippen LogP contribution in [-0.2, 0) is 6.42 Å². The fourth-order valence-corrected chi connectivity index (χ4v) is 4.52. The lowest BCUT2D eigenvalue weighted by molar-refractivity contribution is 0.0747. The fourth-order valence-electron chi connectivity index (χ4n) is 3.16. The van der Waals surface area contributed by atoms with Crippen molar-refractivity contribution < 1.29 is 4.79 Å². The first-order valence-electron chi connectivity index (χ1n) is 9.06. The first-order valence-corrected chi connectivity index (χ1v) is 11.0. The molecule has 0 atom stereocenters. The van der Waals surface area contributed by atoms with Gasteiger partial charge in [0.15, 0.2) is 0 Å². The maximum atomic E-state index is 12.8. The lowest BCUT2D eigenvalue weighted by Gasteiger charge is -2.34. The molecule has 1 saturated heterocycles. The van der Waals surface area contributed by atoms with Gasteiger partial charge in [-0.3, -0.25) is 4.79 Å². The van der Waals surface area contributed by atoms with Crippen molar-refractivity contribution in [3.05, 3.63) is 74.5 Å². The summed E-state index contributed by atoms with van der Waals surface area (Å²) in [6.45, 7) is 2.60. The topological polar surface area (TPSA) is 49.3 Å². The quantitative estimate of drug-likeness (QED) is 0.539. The second kappa shape index (κ2) is 8.88. The highest BCUT2D eigenvalue weighted by molar-refractivity contribution is 7.09. The molecule has 9 heteroatoms. The molecule has 1 aromatic heterocycles. The first-order chi connectivity index (χ1) is 14.0. The number of nitrogens with zero attached hydrogens (tertiary/aromatic N) is 4. The van der Waals surface area contributed by atoms with E-state index in [0.29, 0.717) is 53.2 Å². The van der Waals surface area contributed by atoms with Gasteiger partial charge in [0.25, 0.3) is 5.91 Å². The van der Waals surface area contributed by atoms with Gasteiger partial charge in [-0.25, -0.2) is 4.98 Å². The normalized spacial score (nSPS) is 14.3. The lowest BCUT2D eigenvalue weighted by Crippen LogP contribution is -2.48. The molecule has 3 aromatic rings. The average Bonchev–Trinajstić information content (AvgIpc) is 3.18. The van der Waals surface area contributed by atoms with Crippen molar-refractivity contribution in [2.24, 2.45) is 0 Å². The largest absolute Gasteiger partial charge is 0.343 e. The van der Waals surface area contributed by atoms with E-state index in [-0.39, 0.29) is 5.91 Å². The molecule has 1 aliphatic heterocycles. The fraction of sp³-hybridized carbons (Fsp3) is 0.250. The molecule has 5 nitrogen and oxygen atoms in total. The summed E-state index contributed by atoms with van der Waals surface area (Å²) in [5.41, 5.74) is 1.60. The van der Waals surface area contributed by atoms with Crippen molar-refractivity contribution in [2.75, 3.05) is 31.1 Å². The monoisotopic (exact) mass is 466 g/mol. The Balaban J connectivity index is 1.36. The Morgan fingerprint density at radius 1 is 0.966 bits per heavy atom. The highest BCUT2D eigenvalue weighted by Gasteiger charge is 2.25. The number of benzene rings is 2. The van der Waals surface area contributed by atoms with Gasteiger partial charge in [-0.1, -0.05) is 46.9 Å². The van der Waals surface area contributed by atoms with Gasteiger partial charge >= 0.3 is 0 Å². The molecule has 0 bridgehead atoms. The minimum Gasteiger partial charge on any atom is -0.343 e. The molecule has 1 aliphatic rings. The van der Waals surface area contributed by atoms with E-state index in [1.165, 1.54) is 11.5 Å². The molecule has 29 heavy (non-hydrogen) atoms. The van der Waals surface area contributed by atoms with Crippen molar-refractivity contribution in [3.63, 3.8) is 0 Å². The van der Waals surface area contributed by atoms with E-state index >= 15 is 0 Å². The van der Waals surface area contributed by atoms with Gasteiger partial charge in [0.2, 0.25) is 5.13 Å². The Kier molecular flexibility index (Phi) is 6.25. The standard InChI is InChI=1S/C20H17Cl3N4OS/c21-14-3-1-13(2-4-14)11-18-24-20(29-25-18)27-9-7-26(8-10-27)19(28)16-6-5-15(22)12-17(16)23/h1-6,12H,7-11H2. The number of piperazine rings is 1. The van der Waals surface area contributed by atoms with Crippen molar-refractivity contribution in [2.45, 2.75) is 6.42 Å². The zero-order valence-corrected chi connectivity index (χ0v) is 18.4. The predicted octanol–water partition coefficient (Wildman–Crippen LogP) is 5.05. The highest BCUT2D eigenvalue weighted by atomic mass is 35.5. The van der Waals surface area contributed by atoms with Crippen LogP contribution in [0.3, 0.4) is 0 Å². The average molecular weight is 468 g/mol. The number of hydrogen-bond acceptors (Lipinski definition) is 5. The minimum atomic E-state index is -0.0768. The van der Waals surface area contributed by atoms with Crippen LogP contribution < -0.4 is 4.90 Å².